The van der Waals surface area contributed by atoms with Gasteiger partial charge in [0, 0.05) is 11.3 Å². The van der Waals surface area contributed by atoms with Crippen LogP contribution in [0.1, 0.15) is 11.1 Å². The van der Waals surface area contributed by atoms with Gasteiger partial charge in [0.2, 0.25) is 0 Å². The van der Waals surface area contributed by atoms with E-state index in [1.165, 1.54) is 6.07 Å². The van der Waals surface area contributed by atoms with Crippen molar-refractivity contribution in [2.75, 3.05) is 5.73 Å². The van der Waals surface area contributed by atoms with Gasteiger partial charge in [-0.2, -0.15) is 0 Å². The molecule has 0 unspecified atom stereocenters. The molecule has 2 nitrogen and oxygen atoms in total. The van der Waals surface area contributed by atoms with Gasteiger partial charge in [-0.15, -0.1) is 0 Å². The van der Waals surface area contributed by atoms with Crippen LogP contribution in [0.5, 0.6) is 5.75 Å². The van der Waals surface area contributed by atoms with Gasteiger partial charge in [-0.05, 0) is 36.8 Å². The Morgan fingerprint density at radius 2 is 2.06 bits per heavy atom. The Bertz CT molecular complexity index is 551. The van der Waals surface area contributed by atoms with Crippen LogP contribution in [0.25, 0.3) is 0 Å². The van der Waals surface area contributed by atoms with Crippen LogP contribution < -0.4 is 10.5 Å². The molecule has 0 radical (unpaired) electrons. The molecule has 0 aromatic heterocycles. The standard InChI is InChI=1S/C14H13ClFNO/c1-9-5-6-11(15)14(7-9)18-8-10-12(16)3-2-4-13(10)17/h2-7H,8,17H2,1H3. The Morgan fingerprint density at radius 3 is 2.78 bits per heavy atom. The molecule has 0 fully saturated rings. The smallest absolute Gasteiger partial charge is 0.138 e. The zero-order chi connectivity index (χ0) is 13.1. The van der Waals surface area contributed by atoms with E-state index in [0.29, 0.717) is 22.0 Å². The van der Waals surface area contributed by atoms with Gasteiger partial charge in [-0.1, -0.05) is 23.7 Å². The molecule has 0 bridgehead atoms. The van der Waals surface area contributed by atoms with E-state index in [2.05, 4.69) is 0 Å². The second-order valence-electron chi connectivity index (χ2n) is 4.03. The fourth-order valence-electron chi connectivity index (χ4n) is 1.60. The third-order valence-corrected chi connectivity index (χ3v) is 2.93. The predicted octanol–water partition coefficient (Wildman–Crippen LogP) is 3.95. The van der Waals surface area contributed by atoms with Crippen LogP contribution in [0.2, 0.25) is 5.02 Å². The van der Waals surface area contributed by atoms with Crippen molar-refractivity contribution in [3.8, 4) is 5.75 Å². The zero-order valence-corrected chi connectivity index (χ0v) is 10.7. The summed E-state index contributed by atoms with van der Waals surface area (Å²) in [5.41, 5.74) is 7.44. The van der Waals surface area contributed by atoms with Crippen LogP contribution in [0.15, 0.2) is 36.4 Å². The lowest BCUT2D eigenvalue weighted by molar-refractivity contribution is 0.300. The Labute approximate surface area is 110 Å². The number of hydrogen-bond acceptors (Lipinski definition) is 2. The molecule has 18 heavy (non-hydrogen) atoms. The van der Waals surface area contributed by atoms with Gasteiger partial charge in [0.25, 0.3) is 0 Å². The van der Waals surface area contributed by atoms with Crippen LogP contribution in [0, 0.1) is 12.7 Å². The van der Waals surface area contributed by atoms with E-state index in [1.807, 2.05) is 13.0 Å². The van der Waals surface area contributed by atoms with Crippen molar-refractivity contribution in [3.63, 3.8) is 0 Å². The van der Waals surface area contributed by atoms with Crippen LogP contribution in [-0.2, 0) is 6.61 Å². The molecule has 2 N–H and O–H groups in total. The van der Waals surface area contributed by atoms with Gasteiger partial charge in [0.05, 0.1) is 5.02 Å². The van der Waals surface area contributed by atoms with Crippen molar-refractivity contribution in [2.24, 2.45) is 0 Å². The molecule has 0 atom stereocenters. The van der Waals surface area contributed by atoms with E-state index in [1.54, 1.807) is 24.3 Å². The number of aryl methyl sites for hydroxylation is 1. The molecule has 0 amide bonds. The fraction of sp³-hybridized carbons (Fsp3) is 0.143. The largest absolute Gasteiger partial charge is 0.487 e. The molecule has 0 spiro atoms. The normalized spacial score (nSPS) is 10.4. The average molecular weight is 266 g/mol. The van der Waals surface area contributed by atoms with Gasteiger partial charge in [-0.3, -0.25) is 0 Å². The van der Waals surface area contributed by atoms with Gasteiger partial charge in [0.15, 0.2) is 0 Å². The first-order valence-corrected chi connectivity index (χ1v) is 5.87. The minimum absolute atomic E-state index is 0.0572. The van der Waals surface area contributed by atoms with E-state index < -0.39 is 0 Å². The number of benzene rings is 2. The maximum absolute atomic E-state index is 13.5. The van der Waals surface area contributed by atoms with Crippen LogP contribution in [-0.4, -0.2) is 0 Å². The van der Waals surface area contributed by atoms with Gasteiger partial charge in [0.1, 0.15) is 18.2 Å². The summed E-state index contributed by atoms with van der Waals surface area (Å²) in [6.07, 6.45) is 0. The van der Waals surface area contributed by atoms with Gasteiger partial charge >= 0.3 is 0 Å². The SMILES string of the molecule is Cc1ccc(Cl)c(OCc2c(N)cccc2F)c1. The maximum atomic E-state index is 13.5. The quantitative estimate of drug-likeness (QED) is 0.853. The molecule has 0 saturated carbocycles. The zero-order valence-electron chi connectivity index (χ0n) is 9.91. The molecule has 0 aliphatic carbocycles. The molecule has 2 rings (SSSR count). The van der Waals surface area contributed by atoms with Crippen molar-refractivity contribution < 1.29 is 9.13 Å². The highest BCUT2D eigenvalue weighted by Gasteiger charge is 2.08. The first kappa shape index (κ1) is 12.7. The minimum Gasteiger partial charge on any atom is -0.487 e. The summed E-state index contributed by atoms with van der Waals surface area (Å²) >= 11 is 5.99. The predicted molar refractivity (Wildman–Crippen MR) is 71.3 cm³/mol. The first-order valence-electron chi connectivity index (χ1n) is 5.50. The molecule has 0 aliphatic rings. The molecule has 2 aromatic carbocycles. The topological polar surface area (TPSA) is 35.2 Å². The maximum Gasteiger partial charge on any atom is 0.138 e. The molecule has 0 saturated heterocycles. The summed E-state index contributed by atoms with van der Waals surface area (Å²) in [4.78, 5) is 0. The summed E-state index contributed by atoms with van der Waals surface area (Å²) in [5, 5.41) is 0.496. The molecule has 94 valence electrons. The van der Waals surface area contributed by atoms with Crippen LogP contribution >= 0.6 is 11.6 Å². The van der Waals surface area contributed by atoms with Crippen LogP contribution in [0.4, 0.5) is 10.1 Å². The van der Waals surface area contributed by atoms with Gasteiger partial charge < -0.3 is 10.5 Å². The van der Waals surface area contributed by atoms with E-state index in [0.717, 1.165) is 5.56 Å². The van der Waals surface area contributed by atoms with Crippen molar-refractivity contribution in [1.29, 1.82) is 0 Å². The number of hydrogen-bond donors (Lipinski definition) is 1. The summed E-state index contributed by atoms with van der Waals surface area (Å²) in [6, 6.07) is 9.99. The Balaban J connectivity index is 2.19. The Kier molecular flexibility index (Phi) is 3.72. The Hall–Kier alpha value is -1.74. The van der Waals surface area contributed by atoms with Crippen molar-refractivity contribution in [2.45, 2.75) is 13.5 Å². The van der Waals surface area contributed by atoms with Crippen LogP contribution in [0.3, 0.4) is 0 Å². The molecule has 0 heterocycles. The average Bonchev–Trinajstić information content (AvgIpc) is 2.33. The summed E-state index contributed by atoms with van der Waals surface area (Å²) < 4.78 is 19.1. The molecule has 4 heteroatoms. The third kappa shape index (κ3) is 2.74. The summed E-state index contributed by atoms with van der Waals surface area (Å²) in [7, 11) is 0. The highest BCUT2D eigenvalue weighted by atomic mass is 35.5. The second kappa shape index (κ2) is 5.27. The third-order valence-electron chi connectivity index (χ3n) is 2.61. The number of ether oxygens (including phenoxy) is 1. The number of nitrogens with two attached hydrogens (primary N) is 1. The number of nitrogen functional groups attached to an aromatic ring is 1. The number of rotatable bonds is 3. The van der Waals surface area contributed by atoms with E-state index in [4.69, 9.17) is 22.1 Å². The fourth-order valence-corrected chi connectivity index (χ4v) is 1.77. The highest BCUT2D eigenvalue weighted by Crippen LogP contribution is 2.27. The molecule has 2 aromatic rings. The molecule has 0 aliphatic heterocycles. The lowest BCUT2D eigenvalue weighted by Gasteiger charge is -2.11. The summed E-state index contributed by atoms with van der Waals surface area (Å²) in [6.45, 7) is 1.99. The second-order valence-corrected chi connectivity index (χ2v) is 4.44. The van der Waals surface area contributed by atoms with E-state index in [9.17, 15) is 4.39 Å². The summed E-state index contributed by atoms with van der Waals surface area (Å²) in [5.74, 6) is 0.151. The van der Waals surface area contributed by atoms with Crippen molar-refractivity contribution in [1.82, 2.24) is 0 Å². The van der Waals surface area contributed by atoms with Crippen molar-refractivity contribution >= 4 is 17.3 Å². The first-order chi connectivity index (χ1) is 8.58. The minimum atomic E-state index is -0.376. The number of halogens is 2. The van der Waals surface area contributed by atoms with E-state index >= 15 is 0 Å². The van der Waals surface area contributed by atoms with Crippen molar-refractivity contribution in [3.05, 3.63) is 58.4 Å². The monoisotopic (exact) mass is 265 g/mol. The number of anilines is 1. The molecular weight excluding hydrogens is 253 g/mol. The lowest BCUT2D eigenvalue weighted by Crippen LogP contribution is -2.03. The lowest BCUT2D eigenvalue weighted by atomic mass is 10.2. The highest BCUT2D eigenvalue weighted by molar-refractivity contribution is 6.32. The molecular formula is C14H13ClFNO. The van der Waals surface area contributed by atoms with Gasteiger partial charge in [-0.25, -0.2) is 4.39 Å². The van der Waals surface area contributed by atoms with E-state index in [-0.39, 0.29) is 12.4 Å². The Morgan fingerprint density at radius 1 is 1.28 bits per heavy atom.